The predicted octanol–water partition coefficient (Wildman–Crippen LogP) is 3.10. The summed E-state index contributed by atoms with van der Waals surface area (Å²) in [6.45, 7) is 0. The van der Waals surface area contributed by atoms with Crippen molar-refractivity contribution in [2.24, 2.45) is 0 Å². The van der Waals surface area contributed by atoms with E-state index in [9.17, 15) is 19.7 Å². The van der Waals surface area contributed by atoms with E-state index >= 15 is 0 Å². The number of hydrogen-bond acceptors (Lipinski definition) is 5. The van der Waals surface area contributed by atoms with Crippen LogP contribution in [0, 0.1) is 10.1 Å². The minimum absolute atomic E-state index is 0.0304. The van der Waals surface area contributed by atoms with Crippen LogP contribution in [-0.4, -0.2) is 16.8 Å². The lowest BCUT2D eigenvalue weighted by Gasteiger charge is -2.17. The van der Waals surface area contributed by atoms with Gasteiger partial charge >= 0.3 is 5.97 Å². The molecule has 0 saturated heterocycles. The van der Waals surface area contributed by atoms with Crippen LogP contribution in [0.3, 0.4) is 0 Å². The maximum atomic E-state index is 11.9. The molecule has 0 aliphatic carbocycles. The first-order chi connectivity index (χ1) is 12.0. The average molecular weight is 338 g/mol. The number of ether oxygens (including phenoxy) is 1. The number of amides is 1. The highest BCUT2D eigenvalue weighted by atomic mass is 16.6. The van der Waals surface area contributed by atoms with Gasteiger partial charge in [0.05, 0.1) is 4.92 Å². The van der Waals surface area contributed by atoms with Crippen molar-refractivity contribution in [2.75, 3.05) is 5.32 Å². The van der Waals surface area contributed by atoms with E-state index in [-0.39, 0.29) is 11.6 Å². The van der Waals surface area contributed by atoms with Gasteiger partial charge in [-0.1, -0.05) is 12.1 Å². The van der Waals surface area contributed by atoms with Gasteiger partial charge in [-0.15, -0.1) is 0 Å². The Hall–Kier alpha value is -3.48. The maximum Gasteiger partial charge on any atom is 0.336 e. The normalized spacial score (nSPS) is 13.2. The van der Waals surface area contributed by atoms with E-state index < -0.39 is 10.9 Å². The molecule has 1 heterocycles. The van der Waals surface area contributed by atoms with E-state index in [2.05, 4.69) is 5.32 Å². The molecule has 7 heteroatoms. The fourth-order valence-corrected chi connectivity index (χ4v) is 2.48. The van der Waals surface area contributed by atoms with Crippen molar-refractivity contribution < 1.29 is 19.2 Å². The Kier molecular flexibility index (Phi) is 4.56. The van der Waals surface area contributed by atoms with Gasteiger partial charge in [0.15, 0.2) is 0 Å². The first-order valence-corrected chi connectivity index (χ1v) is 7.58. The van der Waals surface area contributed by atoms with Crippen molar-refractivity contribution in [3.63, 3.8) is 0 Å². The zero-order chi connectivity index (χ0) is 17.8. The molecule has 1 aliphatic heterocycles. The van der Waals surface area contributed by atoms with Gasteiger partial charge in [0.25, 0.3) is 5.69 Å². The summed E-state index contributed by atoms with van der Waals surface area (Å²) in [5, 5.41) is 13.5. The molecule has 1 N–H and O–H groups in total. The lowest BCUT2D eigenvalue weighted by molar-refractivity contribution is -0.384. The fourth-order valence-electron chi connectivity index (χ4n) is 2.48. The molecule has 0 spiro atoms. The van der Waals surface area contributed by atoms with Crippen LogP contribution < -0.4 is 10.1 Å². The molecule has 7 nitrogen and oxygen atoms in total. The van der Waals surface area contributed by atoms with Gasteiger partial charge in [-0.05, 0) is 41.8 Å². The van der Waals surface area contributed by atoms with Crippen molar-refractivity contribution in [3.8, 4) is 5.75 Å². The monoisotopic (exact) mass is 338 g/mol. The maximum absolute atomic E-state index is 11.9. The van der Waals surface area contributed by atoms with Crippen LogP contribution in [0.25, 0.3) is 6.08 Å². The standard InChI is InChI=1S/C18H14N2O5/c21-17-8-5-13-11-15(6-7-16(13)19-17)25-18(22)9-4-12-2-1-3-14(10-12)20(23)24/h1-4,6-7,9-11H,5,8H2,(H,19,21)/b9-4+. The summed E-state index contributed by atoms with van der Waals surface area (Å²) in [4.78, 5) is 33.5. The number of hydrogen-bond donors (Lipinski definition) is 1. The smallest absolute Gasteiger partial charge is 0.336 e. The van der Waals surface area contributed by atoms with Crippen LogP contribution in [0.1, 0.15) is 17.5 Å². The first kappa shape index (κ1) is 16.4. The van der Waals surface area contributed by atoms with E-state index in [1.165, 1.54) is 24.3 Å². The second-order valence-corrected chi connectivity index (χ2v) is 5.47. The molecule has 0 atom stereocenters. The van der Waals surface area contributed by atoms with E-state index in [1.807, 2.05) is 0 Å². The number of rotatable bonds is 4. The second-order valence-electron chi connectivity index (χ2n) is 5.47. The third-order valence-electron chi connectivity index (χ3n) is 3.68. The molecule has 0 fully saturated rings. The molecule has 25 heavy (non-hydrogen) atoms. The number of nitro groups is 1. The van der Waals surface area contributed by atoms with Gasteiger partial charge in [0.1, 0.15) is 5.75 Å². The molecule has 3 rings (SSSR count). The largest absolute Gasteiger partial charge is 0.423 e. The summed E-state index contributed by atoms with van der Waals surface area (Å²) in [6, 6.07) is 10.9. The summed E-state index contributed by atoms with van der Waals surface area (Å²) in [5.74, 6) is -0.243. The Balaban J connectivity index is 1.67. The third-order valence-corrected chi connectivity index (χ3v) is 3.68. The minimum atomic E-state index is -0.591. The van der Waals surface area contributed by atoms with Crippen LogP contribution in [0.2, 0.25) is 0 Å². The summed E-state index contributed by atoms with van der Waals surface area (Å²) in [6.07, 6.45) is 3.65. The van der Waals surface area contributed by atoms with Crippen LogP contribution in [0.5, 0.6) is 5.75 Å². The number of nitro benzene ring substituents is 1. The number of nitrogens with zero attached hydrogens (tertiary/aromatic N) is 1. The number of carbonyl (C=O) groups excluding carboxylic acids is 2. The van der Waals surface area contributed by atoms with E-state index in [0.717, 1.165) is 11.3 Å². The Morgan fingerprint density at radius 3 is 2.84 bits per heavy atom. The molecule has 2 aromatic rings. The zero-order valence-corrected chi connectivity index (χ0v) is 13.1. The molecule has 0 saturated carbocycles. The van der Waals surface area contributed by atoms with Crippen molar-refractivity contribution >= 4 is 29.3 Å². The van der Waals surface area contributed by atoms with Gasteiger partial charge in [0.2, 0.25) is 5.91 Å². The molecule has 0 bridgehead atoms. The third kappa shape index (κ3) is 4.08. The molecule has 126 valence electrons. The van der Waals surface area contributed by atoms with Gasteiger partial charge in [-0.2, -0.15) is 0 Å². The van der Waals surface area contributed by atoms with Crippen molar-refractivity contribution in [2.45, 2.75) is 12.8 Å². The summed E-state index contributed by atoms with van der Waals surface area (Å²) < 4.78 is 5.23. The predicted molar refractivity (Wildman–Crippen MR) is 91.2 cm³/mol. The van der Waals surface area contributed by atoms with E-state index in [4.69, 9.17) is 4.74 Å². The number of aryl methyl sites for hydroxylation is 1. The highest BCUT2D eigenvalue weighted by Gasteiger charge is 2.15. The van der Waals surface area contributed by atoms with E-state index in [0.29, 0.717) is 24.2 Å². The van der Waals surface area contributed by atoms with Crippen LogP contribution in [0.15, 0.2) is 48.5 Å². The summed E-state index contributed by atoms with van der Waals surface area (Å²) in [5.41, 5.74) is 2.11. The number of non-ortho nitro benzene ring substituents is 1. The fraction of sp³-hybridized carbons (Fsp3) is 0.111. The van der Waals surface area contributed by atoms with Crippen LogP contribution in [-0.2, 0) is 16.0 Å². The SMILES string of the molecule is O=C1CCc2cc(OC(=O)/C=C/c3cccc([N+](=O)[O-])c3)ccc2N1. The molecule has 0 aromatic heterocycles. The number of benzene rings is 2. The molecule has 0 radical (unpaired) electrons. The zero-order valence-electron chi connectivity index (χ0n) is 13.1. The molecule has 2 aromatic carbocycles. The Morgan fingerprint density at radius 2 is 2.04 bits per heavy atom. The van der Waals surface area contributed by atoms with Crippen LogP contribution >= 0.6 is 0 Å². The van der Waals surface area contributed by atoms with Crippen LogP contribution in [0.4, 0.5) is 11.4 Å². The van der Waals surface area contributed by atoms with E-state index in [1.54, 1.807) is 30.3 Å². The average Bonchev–Trinajstić information content (AvgIpc) is 2.60. The van der Waals surface area contributed by atoms with Gasteiger partial charge in [0, 0.05) is 30.3 Å². The number of esters is 1. The second kappa shape index (κ2) is 6.96. The molecular weight excluding hydrogens is 324 g/mol. The molecule has 0 unspecified atom stereocenters. The first-order valence-electron chi connectivity index (χ1n) is 7.58. The summed E-state index contributed by atoms with van der Waals surface area (Å²) >= 11 is 0. The van der Waals surface area contributed by atoms with Crippen molar-refractivity contribution in [1.82, 2.24) is 0 Å². The van der Waals surface area contributed by atoms with Gasteiger partial charge in [-0.25, -0.2) is 4.79 Å². The minimum Gasteiger partial charge on any atom is -0.423 e. The number of nitrogens with one attached hydrogen (secondary N) is 1. The Morgan fingerprint density at radius 1 is 1.20 bits per heavy atom. The number of fused-ring (bicyclic) bond motifs is 1. The lowest BCUT2D eigenvalue weighted by Crippen LogP contribution is -2.19. The summed E-state index contributed by atoms with van der Waals surface area (Å²) in [7, 11) is 0. The Labute approximate surface area is 143 Å². The molecule has 1 aliphatic rings. The Bertz CT molecular complexity index is 889. The van der Waals surface area contributed by atoms with Crippen molar-refractivity contribution in [1.29, 1.82) is 0 Å². The topological polar surface area (TPSA) is 98.5 Å². The van der Waals surface area contributed by atoms with Gasteiger partial charge < -0.3 is 10.1 Å². The number of anilines is 1. The number of carbonyl (C=O) groups is 2. The van der Waals surface area contributed by atoms with Crippen molar-refractivity contribution in [3.05, 3.63) is 69.8 Å². The highest BCUT2D eigenvalue weighted by Crippen LogP contribution is 2.27. The molecular formula is C18H14N2O5. The lowest BCUT2D eigenvalue weighted by atomic mass is 10.0. The highest BCUT2D eigenvalue weighted by molar-refractivity contribution is 5.94. The quantitative estimate of drug-likeness (QED) is 0.304. The van der Waals surface area contributed by atoms with Gasteiger partial charge in [-0.3, -0.25) is 14.9 Å². The molecule has 1 amide bonds.